The molecule has 0 aromatic heterocycles. The zero-order valence-corrected chi connectivity index (χ0v) is 8.81. The molecule has 1 fully saturated rings. The Hall–Kier alpha value is 0.617. The van der Waals surface area contributed by atoms with Crippen LogP contribution in [0.3, 0.4) is 0 Å². The Kier molecular flexibility index (Phi) is 3.18. The van der Waals surface area contributed by atoms with Crippen LogP contribution < -0.4 is 0 Å². The first-order valence-electron chi connectivity index (χ1n) is 3.30. The minimum atomic E-state index is -0.0353. The van der Waals surface area contributed by atoms with E-state index in [-0.39, 0.29) is 8.30 Å². The van der Waals surface area contributed by atoms with Crippen LogP contribution in [0.25, 0.3) is 0 Å². The van der Waals surface area contributed by atoms with Gasteiger partial charge in [0.15, 0.2) is 8.30 Å². The zero-order valence-electron chi connectivity index (χ0n) is 5.81. The highest BCUT2D eigenvalue weighted by atomic mass is 79.9. The molecule has 0 amide bonds. The van der Waals surface area contributed by atoms with Crippen LogP contribution in [-0.2, 0) is 0 Å². The summed E-state index contributed by atoms with van der Waals surface area (Å²) in [6.07, 6.45) is 0. The Morgan fingerprint density at radius 3 is 2.22 bits per heavy atom. The van der Waals surface area contributed by atoms with Crippen molar-refractivity contribution in [2.45, 2.75) is 0 Å². The van der Waals surface area contributed by atoms with Gasteiger partial charge in [-0.15, -0.1) is 15.3 Å². The van der Waals surface area contributed by atoms with Crippen LogP contribution in [0.15, 0.2) is 0 Å². The van der Waals surface area contributed by atoms with Crippen LogP contribution >= 0.6 is 15.3 Å². The molecule has 0 atom stereocenters. The second kappa shape index (κ2) is 3.70. The van der Waals surface area contributed by atoms with E-state index in [4.69, 9.17) is 0 Å². The van der Waals surface area contributed by atoms with Gasteiger partial charge in [0.05, 0.1) is 0 Å². The van der Waals surface area contributed by atoms with Crippen molar-refractivity contribution in [3.63, 3.8) is 0 Å². The Morgan fingerprint density at radius 2 is 1.78 bits per heavy atom. The van der Waals surface area contributed by atoms with E-state index in [0.29, 0.717) is 0 Å². The molecule has 0 spiro atoms. The van der Waals surface area contributed by atoms with Gasteiger partial charge in [0.2, 0.25) is 0 Å². The lowest BCUT2D eigenvalue weighted by molar-refractivity contribution is 0.226. The molecule has 4 heteroatoms. The van der Waals surface area contributed by atoms with E-state index in [1.54, 1.807) is 0 Å². The minimum Gasteiger partial charge on any atom is -0.317 e. The maximum absolute atomic E-state index is 3.58. The summed E-state index contributed by atoms with van der Waals surface area (Å²) in [5.74, 6) is 0. The molecule has 0 saturated carbocycles. The molecule has 0 radical (unpaired) electrons. The molecule has 1 saturated heterocycles. The second-order valence-electron chi connectivity index (χ2n) is 2.54. The smallest absolute Gasteiger partial charge is 0.171 e. The topological polar surface area (TPSA) is 6.48 Å². The Labute approximate surface area is 66.7 Å². The van der Waals surface area contributed by atoms with Crippen molar-refractivity contribution in [1.29, 1.82) is 0 Å². The largest absolute Gasteiger partial charge is 0.317 e. The van der Waals surface area contributed by atoms with Crippen LogP contribution in [0.1, 0.15) is 0 Å². The van der Waals surface area contributed by atoms with Crippen LogP contribution in [0.2, 0.25) is 0 Å². The van der Waals surface area contributed by atoms with Crippen LogP contribution in [0, 0.1) is 0 Å². The number of halogens is 1. The van der Waals surface area contributed by atoms with Crippen molar-refractivity contribution in [3.05, 3.63) is 0 Å². The standard InChI is InChI=1S/C5H13BrN2Si/c1-7-2-4-8(9-6)5-3-7/h2-5,9H2,1H3. The van der Waals surface area contributed by atoms with Crippen molar-refractivity contribution in [3.8, 4) is 0 Å². The highest BCUT2D eigenvalue weighted by Crippen LogP contribution is 1.98. The second-order valence-corrected chi connectivity index (χ2v) is 5.18. The Bertz CT molecular complexity index is 83.0. The number of hydrogen-bond donors (Lipinski definition) is 0. The third-order valence-electron chi connectivity index (χ3n) is 1.76. The van der Waals surface area contributed by atoms with Crippen molar-refractivity contribution >= 4 is 23.6 Å². The van der Waals surface area contributed by atoms with Gasteiger partial charge in [0, 0.05) is 26.2 Å². The van der Waals surface area contributed by atoms with Crippen LogP contribution in [0.4, 0.5) is 0 Å². The summed E-state index contributed by atoms with van der Waals surface area (Å²) in [7, 11) is 2.15. The highest BCUT2D eigenvalue weighted by molar-refractivity contribution is 9.23. The van der Waals surface area contributed by atoms with Gasteiger partial charge in [-0.3, -0.25) is 0 Å². The van der Waals surface area contributed by atoms with E-state index < -0.39 is 0 Å². The van der Waals surface area contributed by atoms with E-state index >= 15 is 0 Å². The number of hydrogen-bond acceptors (Lipinski definition) is 2. The van der Waals surface area contributed by atoms with Gasteiger partial charge >= 0.3 is 0 Å². The number of nitrogens with zero attached hydrogens (tertiary/aromatic N) is 2. The third-order valence-corrected chi connectivity index (χ3v) is 4.86. The lowest BCUT2D eigenvalue weighted by atomic mass is 10.4. The number of piperazine rings is 1. The van der Waals surface area contributed by atoms with Crippen molar-refractivity contribution < 1.29 is 0 Å². The SMILES string of the molecule is CN1CCN([SiH2]Br)CC1. The summed E-state index contributed by atoms with van der Waals surface area (Å²) in [5.41, 5.74) is 0. The maximum atomic E-state index is 3.58. The van der Waals surface area contributed by atoms with E-state index in [9.17, 15) is 0 Å². The molecule has 1 aliphatic heterocycles. The molecule has 0 unspecified atom stereocenters. The first kappa shape index (κ1) is 7.72. The molecule has 0 bridgehead atoms. The van der Waals surface area contributed by atoms with Gasteiger partial charge in [-0.05, 0) is 7.05 Å². The summed E-state index contributed by atoms with van der Waals surface area (Å²) >= 11 is 3.58. The number of rotatable bonds is 1. The molecule has 1 aliphatic rings. The van der Waals surface area contributed by atoms with Gasteiger partial charge in [-0.1, -0.05) is 0 Å². The molecule has 54 valence electrons. The van der Waals surface area contributed by atoms with Crippen molar-refractivity contribution in [2.24, 2.45) is 0 Å². The van der Waals surface area contributed by atoms with E-state index in [1.807, 2.05) is 0 Å². The summed E-state index contributed by atoms with van der Waals surface area (Å²) in [6, 6.07) is 0. The van der Waals surface area contributed by atoms with Gasteiger partial charge < -0.3 is 9.47 Å². The molecule has 0 aromatic carbocycles. The van der Waals surface area contributed by atoms with Gasteiger partial charge in [0.25, 0.3) is 0 Å². The normalized spacial score (nSPS) is 26.0. The van der Waals surface area contributed by atoms with Crippen molar-refractivity contribution in [1.82, 2.24) is 9.47 Å². The minimum absolute atomic E-state index is 0.0353. The van der Waals surface area contributed by atoms with E-state index in [0.717, 1.165) is 0 Å². The Morgan fingerprint density at radius 1 is 1.22 bits per heavy atom. The van der Waals surface area contributed by atoms with Crippen LogP contribution in [0.5, 0.6) is 0 Å². The average molecular weight is 209 g/mol. The lowest BCUT2D eigenvalue weighted by Crippen LogP contribution is -2.44. The predicted octanol–water partition coefficient (Wildman–Crippen LogP) is -0.373. The van der Waals surface area contributed by atoms with Gasteiger partial charge in [0.1, 0.15) is 0 Å². The van der Waals surface area contributed by atoms with Crippen LogP contribution in [-0.4, -0.2) is 51.0 Å². The molecular weight excluding hydrogens is 196 g/mol. The first-order chi connectivity index (χ1) is 4.33. The van der Waals surface area contributed by atoms with Gasteiger partial charge in [-0.25, -0.2) is 0 Å². The van der Waals surface area contributed by atoms with Crippen molar-refractivity contribution in [2.75, 3.05) is 33.2 Å². The summed E-state index contributed by atoms with van der Waals surface area (Å²) < 4.78 is 2.54. The fourth-order valence-electron chi connectivity index (χ4n) is 0.967. The molecule has 2 nitrogen and oxygen atoms in total. The third kappa shape index (κ3) is 2.37. The Balaban J connectivity index is 2.18. The molecule has 0 aromatic rings. The zero-order chi connectivity index (χ0) is 6.69. The summed E-state index contributed by atoms with van der Waals surface area (Å²) in [5, 5.41) is 0. The lowest BCUT2D eigenvalue weighted by Gasteiger charge is -2.30. The molecule has 1 rings (SSSR count). The predicted molar refractivity (Wildman–Crippen MR) is 46.5 cm³/mol. The molecule has 9 heavy (non-hydrogen) atoms. The molecular formula is C5H13BrN2Si. The highest BCUT2D eigenvalue weighted by Gasteiger charge is 2.11. The summed E-state index contributed by atoms with van der Waals surface area (Å²) in [4.78, 5) is 2.38. The summed E-state index contributed by atoms with van der Waals surface area (Å²) in [6.45, 7) is 5.04. The fourth-order valence-corrected chi connectivity index (χ4v) is 2.99. The monoisotopic (exact) mass is 208 g/mol. The average Bonchev–Trinajstić information content (AvgIpc) is 1.90. The van der Waals surface area contributed by atoms with E-state index in [2.05, 4.69) is 31.8 Å². The van der Waals surface area contributed by atoms with E-state index in [1.165, 1.54) is 26.2 Å². The maximum Gasteiger partial charge on any atom is 0.171 e. The first-order valence-corrected chi connectivity index (χ1v) is 7.83. The molecule has 0 N–H and O–H groups in total. The van der Waals surface area contributed by atoms with Gasteiger partial charge in [-0.2, -0.15) is 0 Å². The molecule has 1 heterocycles. The fraction of sp³-hybridized carbons (Fsp3) is 1.00. The number of likely N-dealkylation sites (N-methyl/N-ethyl adjacent to an activating group) is 1. The quantitative estimate of drug-likeness (QED) is 0.429. The molecule has 0 aliphatic carbocycles.